The van der Waals surface area contributed by atoms with E-state index in [1.807, 2.05) is 0 Å². The van der Waals surface area contributed by atoms with Crippen LogP contribution in [0.4, 0.5) is 0 Å². The van der Waals surface area contributed by atoms with Gasteiger partial charge >= 0.3 is 9.15 Å². The summed E-state index contributed by atoms with van der Waals surface area (Å²) in [6.45, 7) is 0. The molecule has 0 radical (unpaired) electrons. The smallest absolute Gasteiger partial charge is 0.320 e. The lowest BCUT2D eigenvalue weighted by Gasteiger charge is -2.05. The van der Waals surface area contributed by atoms with Crippen LogP contribution in [0.25, 0.3) is 0 Å². The summed E-state index contributed by atoms with van der Waals surface area (Å²) in [5, 5.41) is 0. The molecule has 0 aliphatic heterocycles. The van der Waals surface area contributed by atoms with E-state index in [1.54, 1.807) is 24.3 Å². The van der Waals surface area contributed by atoms with Crippen LogP contribution in [0.2, 0.25) is 0 Å². The highest BCUT2D eigenvalue weighted by atomic mass is 33.1. The van der Waals surface area contributed by atoms with E-state index in [1.165, 1.54) is 7.11 Å². The Balaban J connectivity index is 2.76. The van der Waals surface area contributed by atoms with Crippen molar-refractivity contribution >= 4 is 19.9 Å². The summed E-state index contributed by atoms with van der Waals surface area (Å²) in [6, 6.07) is 7.06. The van der Waals surface area contributed by atoms with Crippen LogP contribution >= 0.6 is 10.8 Å². The largest absolute Gasteiger partial charge is 0.496 e. The SMILES string of the molecule is COc1ccccc1CSS(=O)(=O)O. The quantitative estimate of drug-likeness (QED) is 0.635. The molecular formula is C8H10O4S2. The summed E-state index contributed by atoms with van der Waals surface area (Å²) < 4.78 is 34.5. The minimum Gasteiger partial charge on any atom is -0.496 e. The minimum absolute atomic E-state index is 0.169. The predicted molar refractivity (Wildman–Crippen MR) is 55.8 cm³/mol. The van der Waals surface area contributed by atoms with E-state index in [2.05, 4.69) is 0 Å². The molecule has 78 valence electrons. The zero-order valence-electron chi connectivity index (χ0n) is 7.50. The summed E-state index contributed by atoms with van der Waals surface area (Å²) in [5.74, 6) is 0.784. The van der Waals surface area contributed by atoms with Gasteiger partial charge in [-0.3, -0.25) is 4.55 Å². The molecule has 0 aliphatic carbocycles. The Morgan fingerprint density at radius 3 is 2.64 bits per heavy atom. The Labute approximate surface area is 86.4 Å². The van der Waals surface area contributed by atoms with Crippen molar-refractivity contribution < 1.29 is 17.7 Å². The average Bonchev–Trinajstić information content (AvgIpc) is 2.14. The second-order valence-electron chi connectivity index (χ2n) is 2.50. The lowest BCUT2D eigenvalue weighted by Crippen LogP contribution is -1.93. The number of benzene rings is 1. The molecular weight excluding hydrogens is 224 g/mol. The molecule has 0 heterocycles. The molecule has 0 unspecified atom stereocenters. The summed E-state index contributed by atoms with van der Waals surface area (Å²) in [4.78, 5) is 0. The van der Waals surface area contributed by atoms with Crippen molar-refractivity contribution in [2.75, 3.05) is 7.11 Å². The van der Waals surface area contributed by atoms with Crippen LogP contribution in [0.1, 0.15) is 5.56 Å². The molecule has 14 heavy (non-hydrogen) atoms. The van der Waals surface area contributed by atoms with Gasteiger partial charge in [0.05, 0.1) is 7.11 Å². The van der Waals surface area contributed by atoms with Crippen molar-refractivity contribution in [1.82, 2.24) is 0 Å². The summed E-state index contributed by atoms with van der Waals surface area (Å²) >= 11 is 0. The topological polar surface area (TPSA) is 63.6 Å². The molecule has 6 heteroatoms. The van der Waals surface area contributed by atoms with Crippen molar-refractivity contribution in [3.63, 3.8) is 0 Å². The first-order valence-electron chi connectivity index (χ1n) is 3.76. The lowest BCUT2D eigenvalue weighted by atomic mass is 10.2. The van der Waals surface area contributed by atoms with E-state index in [0.29, 0.717) is 16.5 Å². The van der Waals surface area contributed by atoms with Crippen molar-refractivity contribution in [2.45, 2.75) is 5.75 Å². The first-order chi connectivity index (χ1) is 6.53. The second-order valence-corrected chi connectivity index (χ2v) is 5.85. The maximum Gasteiger partial charge on any atom is 0.320 e. The number of methoxy groups -OCH3 is 1. The Morgan fingerprint density at radius 1 is 1.43 bits per heavy atom. The molecule has 1 N–H and O–H groups in total. The van der Waals surface area contributed by atoms with Gasteiger partial charge in [0.15, 0.2) is 0 Å². The summed E-state index contributed by atoms with van der Waals surface area (Å²) in [5.41, 5.74) is 0.734. The molecule has 1 aromatic carbocycles. The molecule has 1 rings (SSSR count). The maximum absolute atomic E-state index is 10.5. The van der Waals surface area contributed by atoms with Crippen LogP contribution in [0, 0.1) is 0 Å². The van der Waals surface area contributed by atoms with E-state index >= 15 is 0 Å². The van der Waals surface area contributed by atoms with Gasteiger partial charge in [0.2, 0.25) is 0 Å². The second kappa shape index (κ2) is 4.68. The zero-order valence-corrected chi connectivity index (χ0v) is 9.14. The Kier molecular flexibility index (Phi) is 3.79. The molecule has 0 aliphatic rings. The van der Waals surface area contributed by atoms with E-state index in [-0.39, 0.29) is 5.75 Å². The van der Waals surface area contributed by atoms with E-state index < -0.39 is 9.15 Å². The first kappa shape index (κ1) is 11.4. The Bertz CT molecular complexity index is 400. The van der Waals surface area contributed by atoms with Crippen molar-refractivity contribution in [3.05, 3.63) is 29.8 Å². The highest BCUT2D eigenvalue weighted by Gasteiger charge is 2.08. The third kappa shape index (κ3) is 3.57. The number of hydrogen-bond acceptors (Lipinski definition) is 4. The molecule has 0 aromatic heterocycles. The van der Waals surface area contributed by atoms with Gasteiger partial charge in [0.25, 0.3) is 0 Å². The maximum atomic E-state index is 10.5. The van der Waals surface area contributed by atoms with E-state index in [9.17, 15) is 8.42 Å². The van der Waals surface area contributed by atoms with Crippen LogP contribution in [0.3, 0.4) is 0 Å². The van der Waals surface area contributed by atoms with Gasteiger partial charge < -0.3 is 4.74 Å². The highest BCUT2D eigenvalue weighted by molar-refractivity contribution is 8.69. The molecule has 0 atom stereocenters. The molecule has 0 fully saturated rings. The monoisotopic (exact) mass is 234 g/mol. The van der Waals surface area contributed by atoms with Gasteiger partial charge in [0, 0.05) is 22.1 Å². The third-order valence-corrected chi connectivity index (χ3v) is 3.53. The number of hydrogen-bond donors (Lipinski definition) is 1. The zero-order chi connectivity index (χ0) is 10.6. The average molecular weight is 234 g/mol. The fourth-order valence-electron chi connectivity index (χ4n) is 0.960. The first-order valence-corrected chi connectivity index (χ1v) is 6.71. The number of ether oxygens (including phenoxy) is 1. The van der Waals surface area contributed by atoms with Gasteiger partial charge in [-0.25, -0.2) is 0 Å². The van der Waals surface area contributed by atoms with Gasteiger partial charge in [0.1, 0.15) is 5.75 Å². The Morgan fingerprint density at radius 2 is 2.07 bits per heavy atom. The molecule has 0 amide bonds. The van der Waals surface area contributed by atoms with Gasteiger partial charge in [-0.15, -0.1) is 0 Å². The van der Waals surface area contributed by atoms with Crippen LogP contribution < -0.4 is 4.74 Å². The highest BCUT2D eigenvalue weighted by Crippen LogP contribution is 2.24. The lowest BCUT2D eigenvalue weighted by molar-refractivity contribution is 0.411. The Hall–Kier alpha value is -0.720. The van der Waals surface area contributed by atoms with E-state index in [0.717, 1.165) is 5.56 Å². The molecule has 1 aromatic rings. The normalized spacial score (nSPS) is 11.3. The van der Waals surface area contributed by atoms with Crippen molar-refractivity contribution in [2.24, 2.45) is 0 Å². The van der Waals surface area contributed by atoms with E-state index in [4.69, 9.17) is 9.29 Å². The van der Waals surface area contributed by atoms with Gasteiger partial charge in [-0.2, -0.15) is 8.42 Å². The van der Waals surface area contributed by atoms with Crippen molar-refractivity contribution in [1.29, 1.82) is 0 Å². The molecule has 0 bridgehead atoms. The van der Waals surface area contributed by atoms with Crippen LogP contribution in [0.15, 0.2) is 24.3 Å². The minimum atomic E-state index is -3.99. The number of rotatable bonds is 4. The predicted octanol–water partition coefficient (Wildman–Crippen LogP) is 1.73. The third-order valence-electron chi connectivity index (χ3n) is 1.56. The van der Waals surface area contributed by atoms with Gasteiger partial charge in [-0.1, -0.05) is 18.2 Å². The van der Waals surface area contributed by atoms with Crippen LogP contribution in [-0.2, 0) is 14.9 Å². The molecule has 4 nitrogen and oxygen atoms in total. The number of para-hydroxylation sites is 1. The molecule has 0 spiro atoms. The summed E-state index contributed by atoms with van der Waals surface area (Å²) in [6.07, 6.45) is 0. The van der Waals surface area contributed by atoms with Gasteiger partial charge in [-0.05, 0) is 6.07 Å². The summed E-state index contributed by atoms with van der Waals surface area (Å²) in [7, 11) is -2.01. The molecule has 0 saturated heterocycles. The van der Waals surface area contributed by atoms with Crippen molar-refractivity contribution in [3.8, 4) is 5.75 Å². The molecule has 0 saturated carbocycles. The van der Waals surface area contributed by atoms with Crippen LogP contribution in [0.5, 0.6) is 5.75 Å². The standard InChI is InChI=1S/C8H10O4S2/c1-12-8-5-3-2-4-7(8)6-13-14(9,10)11/h2-5H,6H2,1H3,(H,9,10,11). The van der Waals surface area contributed by atoms with Crippen LogP contribution in [-0.4, -0.2) is 20.1 Å². The fraction of sp³-hybridized carbons (Fsp3) is 0.250. The fourth-order valence-corrected chi connectivity index (χ4v) is 2.30.